The van der Waals surface area contributed by atoms with Crippen LogP contribution in [0.4, 0.5) is 18.9 Å². The first-order valence-electron chi connectivity index (χ1n) is 6.69. The van der Waals surface area contributed by atoms with E-state index in [1.807, 2.05) is 7.05 Å². The summed E-state index contributed by atoms with van der Waals surface area (Å²) >= 11 is 3.09. The number of nitrogens with one attached hydrogen (secondary N) is 1. The molecule has 0 amide bonds. The van der Waals surface area contributed by atoms with Crippen molar-refractivity contribution in [2.75, 3.05) is 25.5 Å². The fraction of sp³-hybridized carbons (Fsp3) is 0.571. The molecule has 0 spiro atoms. The standard InChI is InChI=1S/C14H18BrF3N2/c1-20-7-3-2-4-11(20)9-19-13-6-5-10(15)8-12(13)14(16,17)18/h5-6,8,11,19H,2-4,7,9H2,1H3. The summed E-state index contributed by atoms with van der Waals surface area (Å²) in [5.74, 6) is 0. The van der Waals surface area contributed by atoms with Gasteiger partial charge in [-0.25, -0.2) is 0 Å². The molecule has 1 aliphatic rings. The summed E-state index contributed by atoms with van der Waals surface area (Å²) in [4.78, 5) is 2.21. The number of likely N-dealkylation sites (tertiary alicyclic amines) is 1. The number of benzene rings is 1. The van der Waals surface area contributed by atoms with Crippen LogP contribution in [0.2, 0.25) is 0 Å². The summed E-state index contributed by atoms with van der Waals surface area (Å²) in [6, 6.07) is 4.53. The van der Waals surface area contributed by atoms with Crippen molar-refractivity contribution in [1.82, 2.24) is 4.90 Å². The Kier molecular flexibility index (Phi) is 4.96. The summed E-state index contributed by atoms with van der Waals surface area (Å²) in [6.07, 6.45) is -1.01. The Morgan fingerprint density at radius 3 is 2.75 bits per heavy atom. The quantitative estimate of drug-likeness (QED) is 0.870. The molecule has 0 bridgehead atoms. The Balaban J connectivity index is 2.09. The molecule has 2 rings (SSSR count). The first-order valence-corrected chi connectivity index (χ1v) is 7.48. The van der Waals surface area contributed by atoms with Gasteiger partial charge in [0.1, 0.15) is 0 Å². The zero-order chi connectivity index (χ0) is 14.8. The molecule has 1 atom stereocenters. The fourth-order valence-corrected chi connectivity index (χ4v) is 2.90. The van der Waals surface area contributed by atoms with E-state index in [1.54, 1.807) is 6.07 Å². The maximum atomic E-state index is 13.0. The molecule has 0 saturated carbocycles. The van der Waals surface area contributed by atoms with Crippen LogP contribution in [0.25, 0.3) is 0 Å². The van der Waals surface area contributed by atoms with Gasteiger partial charge in [0, 0.05) is 22.7 Å². The molecule has 0 aliphatic carbocycles. The van der Waals surface area contributed by atoms with Crippen molar-refractivity contribution < 1.29 is 13.2 Å². The van der Waals surface area contributed by atoms with E-state index in [-0.39, 0.29) is 5.69 Å². The van der Waals surface area contributed by atoms with Crippen molar-refractivity contribution in [3.8, 4) is 0 Å². The topological polar surface area (TPSA) is 15.3 Å². The molecule has 1 heterocycles. The lowest BCUT2D eigenvalue weighted by molar-refractivity contribution is -0.137. The number of halogens is 4. The van der Waals surface area contributed by atoms with Crippen molar-refractivity contribution >= 4 is 21.6 Å². The van der Waals surface area contributed by atoms with Gasteiger partial charge in [-0.05, 0) is 44.6 Å². The Bertz CT molecular complexity index is 462. The van der Waals surface area contributed by atoms with Gasteiger partial charge in [0.2, 0.25) is 0 Å². The van der Waals surface area contributed by atoms with Gasteiger partial charge in [-0.2, -0.15) is 13.2 Å². The minimum absolute atomic E-state index is 0.152. The SMILES string of the molecule is CN1CCCCC1CNc1ccc(Br)cc1C(F)(F)F. The van der Waals surface area contributed by atoms with Crippen molar-refractivity contribution in [3.05, 3.63) is 28.2 Å². The smallest absolute Gasteiger partial charge is 0.383 e. The van der Waals surface area contributed by atoms with E-state index in [2.05, 4.69) is 26.1 Å². The van der Waals surface area contributed by atoms with E-state index in [9.17, 15) is 13.2 Å². The Labute approximate surface area is 125 Å². The van der Waals surface area contributed by atoms with Crippen LogP contribution in [-0.4, -0.2) is 31.1 Å². The minimum Gasteiger partial charge on any atom is -0.383 e. The lowest BCUT2D eigenvalue weighted by Gasteiger charge is -2.33. The molecular formula is C14H18BrF3N2. The molecule has 112 valence electrons. The van der Waals surface area contributed by atoms with E-state index < -0.39 is 11.7 Å². The highest BCUT2D eigenvalue weighted by Crippen LogP contribution is 2.36. The first-order chi connectivity index (χ1) is 9.38. The predicted octanol–water partition coefficient (Wildman–Crippen LogP) is 4.36. The Hall–Kier alpha value is -0.750. The van der Waals surface area contributed by atoms with Gasteiger partial charge in [-0.1, -0.05) is 22.4 Å². The number of likely N-dealkylation sites (N-methyl/N-ethyl adjacent to an activating group) is 1. The third-order valence-electron chi connectivity index (χ3n) is 3.74. The Morgan fingerprint density at radius 2 is 2.10 bits per heavy atom. The normalized spacial score (nSPS) is 20.9. The number of nitrogens with zero attached hydrogens (tertiary/aromatic N) is 1. The third-order valence-corrected chi connectivity index (χ3v) is 4.23. The van der Waals surface area contributed by atoms with Crippen LogP contribution in [-0.2, 0) is 6.18 Å². The van der Waals surface area contributed by atoms with Crippen molar-refractivity contribution in [2.45, 2.75) is 31.5 Å². The lowest BCUT2D eigenvalue weighted by atomic mass is 10.0. The molecular weight excluding hydrogens is 333 g/mol. The van der Waals surface area contributed by atoms with Crippen LogP contribution >= 0.6 is 15.9 Å². The molecule has 20 heavy (non-hydrogen) atoms. The van der Waals surface area contributed by atoms with Gasteiger partial charge in [0.25, 0.3) is 0 Å². The maximum Gasteiger partial charge on any atom is 0.418 e. The molecule has 2 nitrogen and oxygen atoms in total. The molecule has 1 fully saturated rings. The van der Waals surface area contributed by atoms with E-state index >= 15 is 0 Å². The number of rotatable bonds is 3. The monoisotopic (exact) mass is 350 g/mol. The van der Waals surface area contributed by atoms with E-state index in [1.165, 1.54) is 12.5 Å². The highest BCUT2D eigenvalue weighted by atomic mass is 79.9. The second-order valence-electron chi connectivity index (χ2n) is 5.20. The molecule has 1 unspecified atom stereocenters. The van der Waals surface area contributed by atoms with Crippen LogP contribution < -0.4 is 5.32 Å². The highest BCUT2D eigenvalue weighted by molar-refractivity contribution is 9.10. The lowest BCUT2D eigenvalue weighted by Crippen LogP contribution is -2.40. The van der Waals surface area contributed by atoms with E-state index in [0.29, 0.717) is 17.1 Å². The van der Waals surface area contributed by atoms with E-state index in [4.69, 9.17) is 0 Å². The summed E-state index contributed by atoms with van der Waals surface area (Å²) in [5.41, 5.74) is -0.468. The molecule has 1 aromatic carbocycles. The third kappa shape index (κ3) is 3.88. The number of alkyl halides is 3. The van der Waals surface area contributed by atoms with Gasteiger partial charge in [0.05, 0.1) is 5.56 Å². The van der Waals surface area contributed by atoms with Gasteiger partial charge in [0.15, 0.2) is 0 Å². The average molecular weight is 351 g/mol. The molecule has 0 aromatic heterocycles. The van der Waals surface area contributed by atoms with Crippen LogP contribution in [0.5, 0.6) is 0 Å². The molecule has 1 saturated heterocycles. The number of hydrogen-bond donors (Lipinski definition) is 1. The Morgan fingerprint density at radius 1 is 1.35 bits per heavy atom. The second-order valence-corrected chi connectivity index (χ2v) is 6.11. The summed E-state index contributed by atoms with van der Waals surface area (Å²) in [7, 11) is 2.03. The highest BCUT2D eigenvalue weighted by Gasteiger charge is 2.34. The van der Waals surface area contributed by atoms with Crippen LogP contribution in [0.3, 0.4) is 0 Å². The second kappa shape index (κ2) is 6.35. The van der Waals surface area contributed by atoms with Crippen molar-refractivity contribution in [2.24, 2.45) is 0 Å². The van der Waals surface area contributed by atoms with Crippen molar-refractivity contribution in [1.29, 1.82) is 0 Å². The summed E-state index contributed by atoms with van der Waals surface area (Å²) in [6.45, 7) is 1.56. The molecule has 0 radical (unpaired) electrons. The molecule has 6 heteroatoms. The number of anilines is 1. The number of piperidine rings is 1. The summed E-state index contributed by atoms with van der Waals surface area (Å²) < 4.78 is 39.4. The molecule has 1 N–H and O–H groups in total. The van der Waals surface area contributed by atoms with Crippen molar-refractivity contribution in [3.63, 3.8) is 0 Å². The average Bonchev–Trinajstić information content (AvgIpc) is 2.38. The van der Waals surface area contributed by atoms with Crippen LogP contribution in [0, 0.1) is 0 Å². The van der Waals surface area contributed by atoms with Gasteiger partial charge in [-0.3, -0.25) is 0 Å². The van der Waals surface area contributed by atoms with Gasteiger partial charge in [-0.15, -0.1) is 0 Å². The zero-order valence-electron chi connectivity index (χ0n) is 11.3. The molecule has 1 aromatic rings. The number of hydrogen-bond acceptors (Lipinski definition) is 2. The fourth-order valence-electron chi connectivity index (χ4n) is 2.53. The molecule has 1 aliphatic heterocycles. The van der Waals surface area contributed by atoms with Gasteiger partial charge >= 0.3 is 6.18 Å². The van der Waals surface area contributed by atoms with Crippen LogP contribution in [0.1, 0.15) is 24.8 Å². The largest absolute Gasteiger partial charge is 0.418 e. The van der Waals surface area contributed by atoms with Crippen LogP contribution in [0.15, 0.2) is 22.7 Å². The van der Waals surface area contributed by atoms with Gasteiger partial charge < -0.3 is 10.2 Å². The zero-order valence-corrected chi connectivity index (χ0v) is 12.9. The van der Waals surface area contributed by atoms with E-state index in [0.717, 1.165) is 25.5 Å². The first kappa shape index (κ1) is 15.6. The minimum atomic E-state index is -4.34. The predicted molar refractivity (Wildman–Crippen MR) is 77.9 cm³/mol. The maximum absolute atomic E-state index is 13.0. The summed E-state index contributed by atoms with van der Waals surface area (Å²) in [5, 5.41) is 2.96.